The van der Waals surface area contributed by atoms with Gasteiger partial charge in [0, 0.05) is 13.6 Å². The van der Waals surface area contributed by atoms with Gasteiger partial charge in [-0.2, -0.15) is 0 Å². The minimum Gasteiger partial charge on any atom is -0.454 e. The Kier molecular flexibility index (Phi) is 3.96. The third kappa shape index (κ3) is 3.03. The first-order chi connectivity index (χ1) is 10.6. The van der Waals surface area contributed by atoms with E-state index in [0.717, 1.165) is 5.56 Å². The highest BCUT2D eigenvalue weighted by Crippen LogP contribution is 2.32. The van der Waals surface area contributed by atoms with Crippen LogP contribution in [0.2, 0.25) is 0 Å². The summed E-state index contributed by atoms with van der Waals surface area (Å²) in [5.41, 5.74) is 1.35. The predicted octanol–water partition coefficient (Wildman–Crippen LogP) is 2.76. The Balaban J connectivity index is 1.65. The fraction of sp³-hybridized carbons (Fsp3) is 0.235. The molecule has 2 aromatic carbocycles. The molecule has 0 bridgehead atoms. The highest BCUT2D eigenvalue weighted by Gasteiger charge is 2.16. The van der Waals surface area contributed by atoms with Crippen molar-refractivity contribution in [2.45, 2.75) is 13.0 Å². The first kappa shape index (κ1) is 14.4. The Morgan fingerprint density at radius 2 is 1.95 bits per heavy atom. The van der Waals surface area contributed by atoms with Crippen LogP contribution >= 0.6 is 0 Å². The van der Waals surface area contributed by atoms with Crippen molar-refractivity contribution in [1.82, 2.24) is 4.90 Å². The van der Waals surface area contributed by atoms with Crippen LogP contribution < -0.4 is 9.47 Å². The van der Waals surface area contributed by atoms with E-state index in [4.69, 9.17) is 9.47 Å². The van der Waals surface area contributed by atoms with Crippen LogP contribution in [0.3, 0.4) is 0 Å². The number of rotatable bonds is 4. The molecule has 0 N–H and O–H groups in total. The van der Waals surface area contributed by atoms with Crippen LogP contribution in [0.25, 0.3) is 0 Å². The lowest BCUT2D eigenvalue weighted by molar-refractivity contribution is -0.129. The van der Waals surface area contributed by atoms with E-state index in [0.29, 0.717) is 23.6 Å². The summed E-state index contributed by atoms with van der Waals surface area (Å²) in [6.45, 7) is 0.658. The molecule has 0 spiro atoms. The Labute approximate surface area is 128 Å². The first-order valence-corrected chi connectivity index (χ1v) is 6.99. The van der Waals surface area contributed by atoms with Crippen molar-refractivity contribution in [3.63, 3.8) is 0 Å². The number of halogens is 1. The fourth-order valence-electron chi connectivity index (χ4n) is 2.34. The molecule has 0 aromatic heterocycles. The largest absolute Gasteiger partial charge is 0.454 e. The Hall–Kier alpha value is -2.56. The number of carbonyl (C=O) groups is 1. The lowest BCUT2D eigenvalue weighted by Gasteiger charge is -2.17. The molecule has 0 saturated carbocycles. The number of carbonyl (C=O) groups excluding carboxylic acids is 1. The third-order valence-corrected chi connectivity index (χ3v) is 3.58. The van der Waals surface area contributed by atoms with E-state index in [1.807, 2.05) is 18.2 Å². The van der Waals surface area contributed by atoms with Crippen LogP contribution in [-0.4, -0.2) is 24.6 Å². The van der Waals surface area contributed by atoms with Gasteiger partial charge in [0.1, 0.15) is 5.82 Å². The molecule has 0 unspecified atom stereocenters. The maximum Gasteiger partial charge on any atom is 0.231 e. The van der Waals surface area contributed by atoms with Crippen LogP contribution in [0.1, 0.15) is 11.1 Å². The number of benzene rings is 2. The molecule has 4 nitrogen and oxygen atoms in total. The summed E-state index contributed by atoms with van der Waals surface area (Å²) >= 11 is 0. The van der Waals surface area contributed by atoms with Crippen molar-refractivity contribution >= 4 is 5.91 Å². The Bertz CT molecular complexity index is 702. The molecule has 0 fully saturated rings. The molecule has 22 heavy (non-hydrogen) atoms. The second-order valence-electron chi connectivity index (χ2n) is 5.21. The molecule has 1 heterocycles. The molecule has 5 heteroatoms. The summed E-state index contributed by atoms with van der Waals surface area (Å²) in [6, 6.07) is 11.9. The maximum atomic E-state index is 13.6. The summed E-state index contributed by atoms with van der Waals surface area (Å²) in [4.78, 5) is 13.8. The standard InChI is InChI=1S/C17H16FNO3/c1-19(17(20)9-13-4-2-3-5-14(13)18)10-12-6-7-15-16(8-12)22-11-21-15/h2-8H,9-11H2,1H3. The lowest BCUT2D eigenvalue weighted by atomic mass is 10.1. The van der Waals surface area contributed by atoms with Gasteiger partial charge >= 0.3 is 0 Å². The van der Waals surface area contributed by atoms with Gasteiger partial charge in [-0.25, -0.2) is 4.39 Å². The van der Waals surface area contributed by atoms with Crippen LogP contribution in [0.15, 0.2) is 42.5 Å². The van der Waals surface area contributed by atoms with E-state index in [9.17, 15) is 9.18 Å². The molecule has 1 amide bonds. The van der Waals surface area contributed by atoms with Gasteiger partial charge in [0.25, 0.3) is 0 Å². The molecule has 0 atom stereocenters. The monoisotopic (exact) mass is 301 g/mol. The maximum absolute atomic E-state index is 13.6. The zero-order chi connectivity index (χ0) is 15.5. The van der Waals surface area contributed by atoms with Gasteiger partial charge in [-0.1, -0.05) is 24.3 Å². The summed E-state index contributed by atoms with van der Waals surface area (Å²) in [5.74, 6) is 0.909. The Morgan fingerprint density at radius 1 is 1.18 bits per heavy atom. The summed E-state index contributed by atoms with van der Waals surface area (Å²) in [6.07, 6.45) is 0.0493. The smallest absolute Gasteiger partial charge is 0.231 e. The molecule has 2 aromatic rings. The quantitative estimate of drug-likeness (QED) is 0.871. The molecule has 1 aliphatic rings. The minimum absolute atomic E-state index is 0.0493. The first-order valence-electron chi connectivity index (χ1n) is 6.99. The van der Waals surface area contributed by atoms with Crippen molar-refractivity contribution in [1.29, 1.82) is 0 Å². The number of fused-ring (bicyclic) bond motifs is 1. The molecule has 1 aliphatic heterocycles. The van der Waals surface area contributed by atoms with Gasteiger partial charge in [-0.15, -0.1) is 0 Å². The topological polar surface area (TPSA) is 38.8 Å². The van der Waals surface area contributed by atoms with Crippen LogP contribution in [0.5, 0.6) is 11.5 Å². The van der Waals surface area contributed by atoms with Gasteiger partial charge in [0.2, 0.25) is 12.7 Å². The predicted molar refractivity (Wildman–Crippen MR) is 79.1 cm³/mol. The SMILES string of the molecule is CN(Cc1ccc2c(c1)OCO2)C(=O)Cc1ccccc1F. The third-order valence-electron chi connectivity index (χ3n) is 3.58. The summed E-state index contributed by atoms with van der Waals surface area (Å²) in [5, 5.41) is 0. The van der Waals surface area contributed by atoms with Gasteiger partial charge in [0.15, 0.2) is 11.5 Å². The average molecular weight is 301 g/mol. The van der Waals surface area contributed by atoms with Gasteiger partial charge in [-0.3, -0.25) is 4.79 Å². The summed E-state index contributed by atoms with van der Waals surface area (Å²) < 4.78 is 24.2. The van der Waals surface area contributed by atoms with Gasteiger partial charge in [-0.05, 0) is 29.3 Å². The molecular formula is C17H16FNO3. The van der Waals surface area contributed by atoms with E-state index in [-0.39, 0.29) is 24.9 Å². The van der Waals surface area contributed by atoms with Crippen molar-refractivity contribution in [2.75, 3.05) is 13.8 Å². The highest BCUT2D eigenvalue weighted by atomic mass is 19.1. The number of amides is 1. The van der Waals surface area contributed by atoms with E-state index in [1.54, 1.807) is 30.1 Å². The molecule has 0 saturated heterocycles. The highest BCUT2D eigenvalue weighted by molar-refractivity contribution is 5.78. The van der Waals surface area contributed by atoms with E-state index < -0.39 is 0 Å². The number of likely N-dealkylation sites (N-methyl/N-ethyl adjacent to an activating group) is 1. The summed E-state index contributed by atoms with van der Waals surface area (Å²) in [7, 11) is 1.70. The van der Waals surface area contributed by atoms with Gasteiger partial charge < -0.3 is 14.4 Å². The molecule has 114 valence electrons. The van der Waals surface area contributed by atoms with E-state index >= 15 is 0 Å². The van der Waals surface area contributed by atoms with Crippen molar-refractivity contribution in [3.05, 3.63) is 59.4 Å². The van der Waals surface area contributed by atoms with Crippen LogP contribution in [0, 0.1) is 5.82 Å². The minimum atomic E-state index is -0.354. The number of hydrogen-bond donors (Lipinski definition) is 0. The van der Waals surface area contributed by atoms with Crippen molar-refractivity contribution in [3.8, 4) is 11.5 Å². The lowest BCUT2D eigenvalue weighted by Crippen LogP contribution is -2.28. The van der Waals surface area contributed by atoms with Gasteiger partial charge in [0.05, 0.1) is 6.42 Å². The van der Waals surface area contributed by atoms with Crippen LogP contribution in [-0.2, 0) is 17.8 Å². The fourth-order valence-corrected chi connectivity index (χ4v) is 2.34. The van der Waals surface area contributed by atoms with Crippen molar-refractivity contribution in [2.24, 2.45) is 0 Å². The molecule has 0 aliphatic carbocycles. The molecule has 3 rings (SSSR count). The number of nitrogens with zero attached hydrogens (tertiary/aromatic N) is 1. The number of ether oxygens (including phenoxy) is 2. The average Bonchev–Trinajstić information content (AvgIpc) is 2.97. The Morgan fingerprint density at radius 3 is 2.77 bits per heavy atom. The second-order valence-corrected chi connectivity index (χ2v) is 5.21. The van der Waals surface area contributed by atoms with Crippen molar-refractivity contribution < 1.29 is 18.7 Å². The zero-order valence-electron chi connectivity index (χ0n) is 12.2. The van der Waals surface area contributed by atoms with Crippen LogP contribution in [0.4, 0.5) is 4.39 Å². The molecular weight excluding hydrogens is 285 g/mol. The van der Waals surface area contributed by atoms with E-state index in [2.05, 4.69) is 0 Å². The van der Waals surface area contributed by atoms with E-state index in [1.165, 1.54) is 6.07 Å². The second kappa shape index (κ2) is 6.05. The zero-order valence-corrected chi connectivity index (χ0v) is 12.2. The number of hydrogen-bond acceptors (Lipinski definition) is 3. The normalized spacial score (nSPS) is 12.3. The molecule has 0 radical (unpaired) electrons.